The summed E-state index contributed by atoms with van der Waals surface area (Å²) < 4.78 is 0. The summed E-state index contributed by atoms with van der Waals surface area (Å²) in [5.41, 5.74) is 6.10. The van der Waals surface area contributed by atoms with Crippen LogP contribution in [0.1, 0.15) is 50.3 Å². The van der Waals surface area contributed by atoms with Crippen molar-refractivity contribution in [1.82, 2.24) is 0 Å². The molecule has 19 heavy (non-hydrogen) atoms. The number of phenolic OH excluding ortho intramolecular Hbond substituents is 1. The zero-order valence-corrected chi connectivity index (χ0v) is 12.9. The average Bonchev–Trinajstić information content (AvgIpc) is 2.26. The molecule has 1 heteroatoms. The lowest BCUT2D eigenvalue weighted by Gasteiger charge is -2.08. The van der Waals surface area contributed by atoms with Crippen molar-refractivity contribution in [2.45, 2.75) is 53.9 Å². The van der Waals surface area contributed by atoms with Gasteiger partial charge in [-0.05, 0) is 71.1 Å². The van der Waals surface area contributed by atoms with E-state index < -0.39 is 0 Å². The molecule has 1 rings (SSSR count). The minimum atomic E-state index is 0.422. The quantitative estimate of drug-likeness (QED) is 0.716. The first-order chi connectivity index (χ1) is 8.90. The summed E-state index contributed by atoms with van der Waals surface area (Å²) in [6.45, 7) is 10.5. The summed E-state index contributed by atoms with van der Waals surface area (Å²) in [7, 11) is 0. The molecule has 0 saturated heterocycles. The van der Waals surface area contributed by atoms with Crippen LogP contribution in [-0.2, 0) is 6.42 Å². The average molecular weight is 258 g/mol. The predicted molar refractivity (Wildman–Crippen MR) is 83.7 cm³/mol. The van der Waals surface area contributed by atoms with Gasteiger partial charge in [0.05, 0.1) is 0 Å². The topological polar surface area (TPSA) is 20.2 Å². The Morgan fingerprint density at radius 2 is 1.79 bits per heavy atom. The van der Waals surface area contributed by atoms with E-state index in [1.54, 1.807) is 0 Å². The van der Waals surface area contributed by atoms with Crippen molar-refractivity contribution in [3.8, 4) is 5.75 Å². The lowest BCUT2D eigenvalue weighted by Crippen LogP contribution is -1.91. The highest BCUT2D eigenvalue weighted by atomic mass is 16.3. The maximum Gasteiger partial charge on any atom is 0.119 e. The minimum Gasteiger partial charge on any atom is -0.508 e. The molecule has 0 saturated carbocycles. The van der Waals surface area contributed by atoms with Crippen molar-refractivity contribution in [3.05, 3.63) is 52.1 Å². The maximum absolute atomic E-state index is 10.00. The van der Waals surface area contributed by atoms with Crippen molar-refractivity contribution < 1.29 is 5.11 Å². The lowest BCUT2D eigenvalue weighted by atomic mass is 9.99. The Hall–Kier alpha value is -1.50. The molecule has 0 fully saturated rings. The molecule has 0 heterocycles. The third-order valence-electron chi connectivity index (χ3n) is 3.34. The Balaban J connectivity index is 2.68. The third kappa shape index (κ3) is 5.34. The number of phenols is 1. The van der Waals surface area contributed by atoms with Gasteiger partial charge in [0, 0.05) is 5.56 Å². The van der Waals surface area contributed by atoms with E-state index in [9.17, 15) is 5.11 Å². The molecule has 0 atom stereocenters. The number of benzene rings is 1. The fourth-order valence-corrected chi connectivity index (χ4v) is 2.21. The van der Waals surface area contributed by atoms with Gasteiger partial charge in [0.1, 0.15) is 5.75 Å². The van der Waals surface area contributed by atoms with Crippen LogP contribution >= 0.6 is 0 Å². The molecule has 104 valence electrons. The van der Waals surface area contributed by atoms with E-state index in [1.165, 1.54) is 16.7 Å². The maximum atomic E-state index is 10.00. The van der Waals surface area contributed by atoms with Crippen molar-refractivity contribution >= 4 is 0 Å². The summed E-state index contributed by atoms with van der Waals surface area (Å²) in [6.07, 6.45) is 7.52. The molecule has 0 bridgehead atoms. The first-order valence-corrected chi connectivity index (χ1v) is 6.98. The van der Waals surface area contributed by atoms with Gasteiger partial charge in [-0.3, -0.25) is 0 Å². The molecule has 0 radical (unpaired) electrons. The van der Waals surface area contributed by atoms with Crippen LogP contribution in [-0.4, -0.2) is 5.11 Å². The van der Waals surface area contributed by atoms with E-state index in [-0.39, 0.29) is 0 Å². The lowest BCUT2D eigenvalue weighted by molar-refractivity contribution is 0.468. The largest absolute Gasteiger partial charge is 0.508 e. The van der Waals surface area contributed by atoms with E-state index in [2.05, 4.69) is 45.9 Å². The molecule has 1 nitrogen and oxygen atoms in total. The fourth-order valence-electron chi connectivity index (χ4n) is 2.21. The van der Waals surface area contributed by atoms with Gasteiger partial charge >= 0.3 is 0 Å². The first kappa shape index (κ1) is 15.6. The zero-order chi connectivity index (χ0) is 14.4. The van der Waals surface area contributed by atoms with Gasteiger partial charge in [-0.1, -0.05) is 29.4 Å². The molecular formula is C18H26O. The van der Waals surface area contributed by atoms with Gasteiger partial charge in [-0.15, -0.1) is 0 Å². The number of aryl methyl sites for hydroxylation is 2. The van der Waals surface area contributed by atoms with E-state index >= 15 is 0 Å². The summed E-state index contributed by atoms with van der Waals surface area (Å²) in [5.74, 6) is 0.422. The molecule has 0 amide bonds. The van der Waals surface area contributed by atoms with Crippen LogP contribution in [0.25, 0.3) is 0 Å². The first-order valence-electron chi connectivity index (χ1n) is 6.98. The summed E-state index contributed by atoms with van der Waals surface area (Å²) >= 11 is 0. The zero-order valence-electron chi connectivity index (χ0n) is 12.9. The molecule has 0 aliphatic rings. The van der Waals surface area contributed by atoms with Gasteiger partial charge < -0.3 is 5.11 Å². The van der Waals surface area contributed by atoms with Crippen LogP contribution in [0.4, 0.5) is 0 Å². The van der Waals surface area contributed by atoms with E-state index in [4.69, 9.17) is 0 Å². The molecule has 1 N–H and O–H groups in total. The Bertz CT molecular complexity index is 465. The monoisotopic (exact) mass is 258 g/mol. The molecule has 1 aromatic rings. The highest BCUT2D eigenvalue weighted by Crippen LogP contribution is 2.24. The second-order valence-electron chi connectivity index (χ2n) is 5.65. The van der Waals surface area contributed by atoms with E-state index in [0.29, 0.717) is 5.75 Å². The Labute approximate surface area is 117 Å². The van der Waals surface area contributed by atoms with Crippen LogP contribution < -0.4 is 0 Å². The van der Waals surface area contributed by atoms with E-state index in [0.717, 1.165) is 30.4 Å². The number of aromatic hydroxyl groups is 1. The van der Waals surface area contributed by atoms with Crippen LogP contribution in [0.5, 0.6) is 5.75 Å². The second kappa shape index (κ2) is 7.18. The molecular weight excluding hydrogens is 232 g/mol. The second-order valence-corrected chi connectivity index (χ2v) is 5.65. The highest BCUT2D eigenvalue weighted by Gasteiger charge is 2.04. The van der Waals surface area contributed by atoms with Gasteiger partial charge in [0.15, 0.2) is 0 Å². The standard InChI is InChI=1S/C18H26O/c1-13(2)7-6-8-14(3)9-10-17-16(5)11-15(4)12-18(17)19/h7,9,11-12,19H,6,8,10H2,1-5H3/b14-9+. The SMILES string of the molecule is CC(C)=CCC/C(C)=C/Cc1c(C)cc(C)cc1O. The van der Waals surface area contributed by atoms with Gasteiger partial charge in [0.2, 0.25) is 0 Å². The fraction of sp³-hybridized carbons (Fsp3) is 0.444. The van der Waals surface area contributed by atoms with Gasteiger partial charge in [-0.25, -0.2) is 0 Å². The number of allylic oxidation sites excluding steroid dienone is 4. The molecule has 0 spiro atoms. The van der Waals surface area contributed by atoms with Crippen molar-refractivity contribution in [2.24, 2.45) is 0 Å². The van der Waals surface area contributed by atoms with Crippen molar-refractivity contribution in [3.63, 3.8) is 0 Å². The third-order valence-corrected chi connectivity index (χ3v) is 3.34. The van der Waals surface area contributed by atoms with Gasteiger partial charge in [-0.2, -0.15) is 0 Å². The van der Waals surface area contributed by atoms with Crippen molar-refractivity contribution in [2.75, 3.05) is 0 Å². The van der Waals surface area contributed by atoms with E-state index in [1.807, 2.05) is 13.0 Å². The molecule has 0 aliphatic carbocycles. The Morgan fingerprint density at radius 3 is 2.37 bits per heavy atom. The normalized spacial score (nSPS) is 11.5. The molecule has 0 unspecified atom stereocenters. The predicted octanol–water partition coefficient (Wildman–Crippen LogP) is 5.24. The summed E-state index contributed by atoms with van der Waals surface area (Å²) in [5, 5.41) is 10.00. The molecule has 0 aliphatic heterocycles. The number of hydrogen-bond donors (Lipinski definition) is 1. The van der Waals surface area contributed by atoms with Gasteiger partial charge in [0.25, 0.3) is 0 Å². The number of rotatable bonds is 5. The highest BCUT2D eigenvalue weighted by molar-refractivity contribution is 5.43. The minimum absolute atomic E-state index is 0.422. The smallest absolute Gasteiger partial charge is 0.119 e. The Morgan fingerprint density at radius 1 is 1.11 bits per heavy atom. The van der Waals surface area contributed by atoms with Crippen LogP contribution in [0.2, 0.25) is 0 Å². The van der Waals surface area contributed by atoms with Crippen LogP contribution in [0.15, 0.2) is 35.4 Å². The summed E-state index contributed by atoms with van der Waals surface area (Å²) in [4.78, 5) is 0. The van der Waals surface area contributed by atoms with Crippen LogP contribution in [0.3, 0.4) is 0 Å². The Kier molecular flexibility index (Phi) is 5.88. The molecule has 0 aromatic heterocycles. The van der Waals surface area contributed by atoms with Crippen LogP contribution in [0, 0.1) is 13.8 Å². The molecule has 1 aromatic carbocycles. The van der Waals surface area contributed by atoms with Crippen molar-refractivity contribution in [1.29, 1.82) is 0 Å². The number of hydrogen-bond acceptors (Lipinski definition) is 1. The summed E-state index contributed by atoms with van der Waals surface area (Å²) in [6, 6.07) is 3.97.